The molecule has 1 heterocycles. The summed E-state index contributed by atoms with van der Waals surface area (Å²) in [6.45, 7) is 3.39. The lowest BCUT2D eigenvalue weighted by Crippen LogP contribution is -2.50. The first kappa shape index (κ1) is 21.0. The average molecular weight is 418 g/mol. The number of ether oxygens (including phenoxy) is 1. The number of nitrogens with zero attached hydrogens (tertiary/aromatic N) is 2. The number of hydrogen-bond donors (Lipinski definition) is 0. The minimum atomic E-state index is -3.62. The number of rotatable bonds is 6. The molecule has 0 atom stereocenters. The number of benzene rings is 2. The van der Waals surface area contributed by atoms with Gasteiger partial charge in [0, 0.05) is 32.3 Å². The SMILES string of the molecule is CCOc1ccc(S(=O)(=O)N2CCN(C(=O)/C=C/c3cccc(F)c3)CC2)cc1. The molecule has 0 bridgehead atoms. The van der Waals surface area contributed by atoms with E-state index in [1.165, 1.54) is 34.6 Å². The van der Waals surface area contributed by atoms with Crippen LogP contribution in [0.2, 0.25) is 0 Å². The van der Waals surface area contributed by atoms with Gasteiger partial charge in [0.15, 0.2) is 0 Å². The highest BCUT2D eigenvalue weighted by molar-refractivity contribution is 7.89. The first-order valence-corrected chi connectivity index (χ1v) is 10.8. The van der Waals surface area contributed by atoms with Gasteiger partial charge in [0.25, 0.3) is 0 Å². The number of carbonyl (C=O) groups excluding carboxylic acids is 1. The molecule has 0 saturated carbocycles. The van der Waals surface area contributed by atoms with Gasteiger partial charge in [-0.25, -0.2) is 12.8 Å². The van der Waals surface area contributed by atoms with Crippen LogP contribution in [0.25, 0.3) is 6.08 Å². The van der Waals surface area contributed by atoms with E-state index < -0.39 is 10.0 Å². The van der Waals surface area contributed by atoms with Crippen molar-refractivity contribution in [2.24, 2.45) is 0 Å². The lowest BCUT2D eigenvalue weighted by Gasteiger charge is -2.33. The zero-order valence-corrected chi connectivity index (χ0v) is 16.9. The van der Waals surface area contributed by atoms with Gasteiger partial charge < -0.3 is 9.64 Å². The molecule has 8 heteroatoms. The Bertz CT molecular complexity index is 982. The molecule has 29 heavy (non-hydrogen) atoms. The third kappa shape index (κ3) is 5.21. The molecule has 0 aromatic heterocycles. The molecule has 1 amide bonds. The Morgan fingerprint density at radius 2 is 1.79 bits per heavy atom. The van der Waals surface area contributed by atoms with Crippen LogP contribution in [0.15, 0.2) is 59.5 Å². The number of sulfonamides is 1. The second-order valence-corrected chi connectivity index (χ2v) is 8.46. The van der Waals surface area contributed by atoms with Crippen LogP contribution in [0, 0.1) is 5.82 Å². The average Bonchev–Trinajstić information content (AvgIpc) is 2.73. The number of halogens is 1. The van der Waals surface area contributed by atoms with E-state index in [-0.39, 0.29) is 29.7 Å². The fourth-order valence-corrected chi connectivity index (χ4v) is 4.48. The highest BCUT2D eigenvalue weighted by Crippen LogP contribution is 2.21. The van der Waals surface area contributed by atoms with Gasteiger partial charge in [-0.1, -0.05) is 12.1 Å². The van der Waals surface area contributed by atoms with E-state index >= 15 is 0 Å². The second kappa shape index (κ2) is 9.19. The first-order chi connectivity index (χ1) is 13.9. The van der Waals surface area contributed by atoms with Crippen molar-refractivity contribution in [3.63, 3.8) is 0 Å². The quantitative estimate of drug-likeness (QED) is 0.677. The fraction of sp³-hybridized carbons (Fsp3) is 0.286. The van der Waals surface area contributed by atoms with Gasteiger partial charge in [-0.2, -0.15) is 4.31 Å². The summed E-state index contributed by atoms with van der Waals surface area (Å²) in [5.74, 6) is 0.0204. The summed E-state index contributed by atoms with van der Waals surface area (Å²) in [5, 5.41) is 0. The van der Waals surface area contributed by atoms with Crippen molar-refractivity contribution in [2.45, 2.75) is 11.8 Å². The Morgan fingerprint density at radius 3 is 2.41 bits per heavy atom. The summed E-state index contributed by atoms with van der Waals surface area (Å²) in [5.41, 5.74) is 0.593. The van der Waals surface area contributed by atoms with E-state index in [0.717, 1.165) is 0 Å². The van der Waals surface area contributed by atoms with Gasteiger partial charge in [0.2, 0.25) is 15.9 Å². The first-order valence-electron chi connectivity index (χ1n) is 9.35. The lowest BCUT2D eigenvalue weighted by molar-refractivity contribution is -0.127. The zero-order chi connectivity index (χ0) is 20.9. The molecule has 2 aromatic carbocycles. The molecule has 2 aromatic rings. The Kier molecular flexibility index (Phi) is 6.66. The van der Waals surface area contributed by atoms with E-state index in [0.29, 0.717) is 31.0 Å². The van der Waals surface area contributed by atoms with Gasteiger partial charge in [0.1, 0.15) is 11.6 Å². The standard InChI is InChI=1S/C21H23FN2O4S/c1-2-28-19-7-9-20(10-8-19)29(26,27)24-14-12-23(13-15-24)21(25)11-6-17-4-3-5-18(22)16-17/h3-11,16H,2,12-15H2,1H3/b11-6+. The molecule has 1 fully saturated rings. The van der Waals surface area contributed by atoms with Gasteiger partial charge in [-0.15, -0.1) is 0 Å². The van der Waals surface area contributed by atoms with Crippen molar-refractivity contribution >= 4 is 22.0 Å². The van der Waals surface area contributed by atoms with Crippen molar-refractivity contribution in [3.05, 3.63) is 66.0 Å². The largest absolute Gasteiger partial charge is 0.494 e. The fourth-order valence-electron chi connectivity index (χ4n) is 3.06. The minimum Gasteiger partial charge on any atom is -0.494 e. The zero-order valence-electron chi connectivity index (χ0n) is 16.1. The molecule has 0 aliphatic carbocycles. The van der Waals surface area contributed by atoms with Crippen LogP contribution in [0.4, 0.5) is 4.39 Å². The number of piperazine rings is 1. The highest BCUT2D eigenvalue weighted by Gasteiger charge is 2.29. The van der Waals surface area contributed by atoms with Crippen molar-refractivity contribution in [3.8, 4) is 5.75 Å². The molecule has 0 N–H and O–H groups in total. The molecule has 3 rings (SSSR count). The molecule has 1 aliphatic rings. The molecule has 0 radical (unpaired) electrons. The molecule has 1 saturated heterocycles. The number of hydrogen-bond acceptors (Lipinski definition) is 4. The van der Waals surface area contributed by atoms with E-state index in [1.54, 1.807) is 35.2 Å². The molecular weight excluding hydrogens is 395 g/mol. The van der Waals surface area contributed by atoms with Gasteiger partial charge in [-0.05, 0) is 55.0 Å². The topological polar surface area (TPSA) is 66.9 Å². The third-order valence-corrected chi connectivity index (χ3v) is 6.50. The molecular formula is C21H23FN2O4S. The molecule has 0 spiro atoms. The summed E-state index contributed by atoms with van der Waals surface area (Å²) in [7, 11) is -3.62. The molecule has 1 aliphatic heterocycles. The normalized spacial score (nSPS) is 15.6. The summed E-state index contributed by atoms with van der Waals surface area (Å²) in [4.78, 5) is 14.1. The van der Waals surface area contributed by atoms with E-state index in [1.807, 2.05) is 6.92 Å². The monoisotopic (exact) mass is 418 g/mol. The Hall–Kier alpha value is -2.71. The predicted octanol–water partition coefficient (Wildman–Crippen LogP) is 2.77. The van der Waals surface area contributed by atoms with Gasteiger partial charge >= 0.3 is 0 Å². The van der Waals surface area contributed by atoms with Crippen LogP contribution in [0.3, 0.4) is 0 Å². The van der Waals surface area contributed by atoms with E-state index in [2.05, 4.69) is 0 Å². The maximum Gasteiger partial charge on any atom is 0.246 e. The van der Waals surface area contributed by atoms with E-state index in [9.17, 15) is 17.6 Å². The van der Waals surface area contributed by atoms with Crippen LogP contribution in [-0.4, -0.2) is 56.3 Å². The van der Waals surface area contributed by atoms with Crippen molar-refractivity contribution in [1.29, 1.82) is 0 Å². The maximum atomic E-state index is 13.2. The maximum absolute atomic E-state index is 13.2. The molecule has 154 valence electrons. The Balaban J connectivity index is 1.59. The van der Waals surface area contributed by atoms with E-state index in [4.69, 9.17) is 4.74 Å². The summed E-state index contributed by atoms with van der Waals surface area (Å²) in [6, 6.07) is 12.3. The molecule has 6 nitrogen and oxygen atoms in total. The summed E-state index contributed by atoms with van der Waals surface area (Å²) >= 11 is 0. The van der Waals surface area contributed by atoms with Gasteiger partial charge in [0.05, 0.1) is 11.5 Å². The van der Waals surface area contributed by atoms with Crippen LogP contribution in [0.1, 0.15) is 12.5 Å². The van der Waals surface area contributed by atoms with Crippen LogP contribution in [-0.2, 0) is 14.8 Å². The third-order valence-electron chi connectivity index (χ3n) is 4.59. The number of carbonyl (C=O) groups is 1. The highest BCUT2D eigenvalue weighted by atomic mass is 32.2. The lowest BCUT2D eigenvalue weighted by atomic mass is 10.2. The van der Waals surface area contributed by atoms with Crippen molar-refractivity contribution < 1.29 is 22.3 Å². The number of amides is 1. The van der Waals surface area contributed by atoms with Crippen LogP contribution < -0.4 is 4.74 Å². The Labute approximate surface area is 170 Å². The van der Waals surface area contributed by atoms with Gasteiger partial charge in [-0.3, -0.25) is 4.79 Å². The smallest absolute Gasteiger partial charge is 0.246 e. The summed E-state index contributed by atoms with van der Waals surface area (Å²) in [6.07, 6.45) is 2.93. The summed E-state index contributed by atoms with van der Waals surface area (Å²) < 4.78 is 45.5. The minimum absolute atomic E-state index is 0.201. The predicted molar refractivity (Wildman–Crippen MR) is 108 cm³/mol. The second-order valence-electron chi connectivity index (χ2n) is 6.52. The van der Waals surface area contributed by atoms with Crippen LogP contribution in [0.5, 0.6) is 5.75 Å². The molecule has 0 unspecified atom stereocenters. The van der Waals surface area contributed by atoms with Crippen molar-refractivity contribution in [1.82, 2.24) is 9.21 Å². The Morgan fingerprint density at radius 1 is 1.10 bits per heavy atom. The van der Waals surface area contributed by atoms with Crippen LogP contribution >= 0.6 is 0 Å². The van der Waals surface area contributed by atoms with Crippen molar-refractivity contribution in [2.75, 3.05) is 32.8 Å².